The summed E-state index contributed by atoms with van der Waals surface area (Å²) in [5, 5.41) is 3.19. The lowest BCUT2D eigenvalue weighted by atomic mass is 10.1. The minimum absolute atomic E-state index is 0.0445. The highest BCUT2D eigenvalue weighted by atomic mass is 35.5. The van der Waals surface area contributed by atoms with E-state index >= 15 is 0 Å². The Morgan fingerprint density at radius 2 is 1.62 bits per heavy atom. The van der Waals surface area contributed by atoms with Gasteiger partial charge in [-0.3, -0.25) is 13.9 Å². The summed E-state index contributed by atoms with van der Waals surface area (Å²) < 4.78 is 28.8. The van der Waals surface area contributed by atoms with E-state index in [4.69, 9.17) is 11.6 Å². The van der Waals surface area contributed by atoms with Gasteiger partial charge in [0.2, 0.25) is 11.8 Å². The van der Waals surface area contributed by atoms with Crippen LogP contribution >= 0.6 is 11.6 Å². The van der Waals surface area contributed by atoms with Gasteiger partial charge in [-0.25, -0.2) is 8.42 Å². The number of aryl methyl sites for hydroxylation is 2. The molecular weight excluding hydrogens is 510 g/mol. The highest BCUT2D eigenvalue weighted by Gasteiger charge is 2.33. The first-order chi connectivity index (χ1) is 17.6. The smallest absolute Gasteiger partial charge is 0.264 e. The number of likely N-dealkylation sites (N-methyl/N-ethyl adjacent to an activating group) is 1. The van der Waals surface area contributed by atoms with E-state index < -0.39 is 28.5 Å². The molecule has 2 amide bonds. The molecule has 0 aliphatic rings. The summed E-state index contributed by atoms with van der Waals surface area (Å²) in [6.45, 7) is 7.02. The Bertz CT molecular complexity index is 1360. The van der Waals surface area contributed by atoms with Crippen LogP contribution in [0.4, 0.5) is 5.69 Å². The SMILES string of the molecule is CCNC(=O)C(C)N(Cc1ccccc1Cl)C(=O)CN(c1cc(C)ccc1C)S(=O)(=O)c1ccccc1. The fourth-order valence-corrected chi connectivity index (χ4v) is 5.62. The largest absolute Gasteiger partial charge is 0.355 e. The Kier molecular flexibility index (Phi) is 9.34. The quantitative estimate of drug-likeness (QED) is 0.403. The van der Waals surface area contributed by atoms with E-state index in [1.165, 1.54) is 17.0 Å². The van der Waals surface area contributed by atoms with Gasteiger partial charge in [-0.05, 0) is 68.7 Å². The predicted molar refractivity (Wildman–Crippen MR) is 147 cm³/mol. The number of halogens is 1. The molecule has 7 nitrogen and oxygen atoms in total. The van der Waals surface area contributed by atoms with Gasteiger partial charge >= 0.3 is 0 Å². The molecule has 3 aromatic rings. The van der Waals surface area contributed by atoms with E-state index in [0.717, 1.165) is 9.87 Å². The van der Waals surface area contributed by atoms with Crippen molar-refractivity contribution in [3.05, 3.63) is 94.5 Å². The molecule has 0 aliphatic heterocycles. The van der Waals surface area contributed by atoms with Crippen LogP contribution in [0.15, 0.2) is 77.7 Å². The van der Waals surface area contributed by atoms with E-state index in [-0.39, 0.29) is 17.3 Å². The van der Waals surface area contributed by atoms with Gasteiger partial charge in [0, 0.05) is 18.1 Å². The first-order valence-corrected chi connectivity index (χ1v) is 13.8. The fourth-order valence-electron chi connectivity index (χ4n) is 3.94. The van der Waals surface area contributed by atoms with E-state index in [1.807, 2.05) is 19.1 Å². The normalized spacial score (nSPS) is 12.0. The van der Waals surface area contributed by atoms with Crippen molar-refractivity contribution < 1.29 is 18.0 Å². The molecule has 0 spiro atoms. The summed E-state index contributed by atoms with van der Waals surface area (Å²) in [6, 6.07) is 19.6. The Morgan fingerprint density at radius 1 is 0.973 bits per heavy atom. The molecule has 9 heteroatoms. The predicted octanol–water partition coefficient (Wildman–Crippen LogP) is 4.71. The fraction of sp³-hybridized carbons (Fsp3) is 0.286. The second kappa shape index (κ2) is 12.3. The van der Waals surface area contributed by atoms with Crippen LogP contribution in [0, 0.1) is 13.8 Å². The maximum absolute atomic E-state index is 13.9. The number of hydrogen-bond donors (Lipinski definition) is 1. The molecule has 0 heterocycles. The van der Waals surface area contributed by atoms with Crippen molar-refractivity contribution in [3.8, 4) is 0 Å². The van der Waals surface area contributed by atoms with E-state index in [1.54, 1.807) is 69.3 Å². The molecule has 0 aliphatic carbocycles. The van der Waals surface area contributed by atoms with Gasteiger partial charge in [-0.2, -0.15) is 0 Å². The van der Waals surface area contributed by atoms with Gasteiger partial charge in [-0.1, -0.05) is 60.1 Å². The molecule has 1 unspecified atom stereocenters. The summed E-state index contributed by atoms with van der Waals surface area (Å²) in [4.78, 5) is 28.1. The summed E-state index contributed by atoms with van der Waals surface area (Å²) in [7, 11) is -4.10. The van der Waals surface area contributed by atoms with Crippen molar-refractivity contribution in [2.75, 3.05) is 17.4 Å². The van der Waals surface area contributed by atoms with Gasteiger partial charge in [0.25, 0.3) is 10.0 Å². The van der Waals surface area contributed by atoms with Crippen LogP contribution in [0.2, 0.25) is 5.02 Å². The third-order valence-electron chi connectivity index (χ3n) is 6.06. The number of benzene rings is 3. The second-order valence-electron chi connectivity index (χ2n) is 8.80. The molecule has 3 rings (SSSR count). The van der Waals surface area contributed by atoms with Crippen LogP contribution < -0.4 is 9.62 Å². The molecule has 0 radical (unpaired) electrons. The number of carbonyl (C=O) groups is 2. The maximum Gasteiger partial charge on any atom is 0.264 e. The van der Waals surface area contributed by atoms with Crippen LogP contribution in [0.5, 0.6) is 0 Å². The van der Waals surface area contributed by atoms with Crippen molar-refractivity contribution in [1.82, 2.24) is 10.2 Å². The van der Waals surface area contributed by atoms with Crippen molar-refractivity contribution in [1.29, 1.82) is 0 Å². The van der Waals surface area contributed by atoms with Crippen LogP contribution in [0.3, 0.4) is 0 Å². The lowest BCUT2D eigenvalue weighted by molar-refractivity contribution is -0.139. The third-order valence-corrected chi connectivity index (χ3v) is 8.20. The van der Waals surface area contributed by atoms with Gasteiger partial charge in [0.15, 0.2) is 0 Å². The number of nitrogens with one attached hydrogen (secondary N) is 1. The van der Waals surface area contributed by atoms with Crippen LogP contribution in [-0.4, -0.2) is 44.3 Å². The van der Waals surface area contributed by atoms with Gasteiger partial charge in [0.05, 0.1) is 10.6 Å². The highest BCUT2D eigenvalue weighted by molar-refractivity contribution is 7.92. The number of sulfonamides is 1. The molecule has 3 aromatic carbocycles. The summed E-state index contributed by atoms with van der Waals surface area (Å²) in [5.74, 6) is -0.869. The van der Waals surface area contributed by atoms with E-state index in [0.29, 0.717) is 28.4 Å². The van der Waals surface area contributed by atoms with Crippen molar-refractivity contribution >= 4 is 39.1 Å². The van der Waals surface area contributed by atoms with E-state index in [2.05, 4.69) is 5.32 Å². The molecule has 0 fully saturated rings. The average molecular weight is 542 g/mol. The number of nitrogens with zero attached hydrogens (tertiary/aromatic N) is 2. The first kappa shape index (κ1) is 28.2. The number of amides is 2. The standard InChI is InChI=1S/C28H32ClN3O4S/c1-5-30-28(34)22(4)31(18-23-11-9-10-14-25(23)29)27(33)19-32(26-17-20(2)15-16-21(26)3)37(35,36)24-12-7-6-8-13-24/h6-17,22H,5,18-19H2,1-4H3,(H,30,34). The number of hydrogen-bond acceptors (Lipinski definition) is 4. The first-order valence-electron chi connectivity index (χ1n) is 12.0. The van der Waals surface area contributed by atoms with Crippen molar-refractivity contribution in [2.45, 2.75) is 45.2 Å². The van der Waals surface area contributed by atoms with Crippen LogP contribution in [0.25, 0.3) is 0 Å². The minimum atomic E-state index is -4.10. The number of carbonyl (C=O) groups excluding carboxylic acids is 2. The molecule has 0 bridgehead atoms. The van der Waals surface area contributed by atoms with Crippen LogP contribution in [-0.2, 0) is 26.2 Å². The summed E-state index contributed by atoms with van der Waals surface area (Å²) >= 11 is 6.37. The summed E-state index contributed by atoms with van der Waals surface area (Å²) in [5.41, 5.74) is 2.61. The molecule has 0 aromatic heterocycles. The molecular formula is C28H32ClN3O4S. The molecule has 1 N–H and O–H groups in total. The maximum atomic E-state index is 13.9. The Labute approximate surface area is 224 Å². The molecule has 1 atom stereocenters. The molecule has 196 valence electrons. The Hall–Kier alpha value is -3.36. The van der Waals surface area contributed by atoms with Crippen LogP contribution in [0.1, 0.15) is 30.5 Å². The van der Waals surface area contributed by atoms with Gasteiger partial charge in [-0.15, -0.1) is 0 Å². The third kappa shape index (κ3) is 6.70. The number of anilines is 1. The van der Waals surface area contributed by atoms with Gasteiger partial charge < -0.3 is 10.2 Å². The van der Waals surface area contributed by atoms with Crippen molar-refractivity contribution in [2.24, 2.45) is 0 Å². The summed E-state index contributed by atoms with van der Waals surface area (Å²) in [6.07, 6.45) is 0. The monoisotopic (exact) mass is 541 g/mol. The minimum Gasteiger partial charge on any atom is -0.355 e. The Morgan fingerprint density at radius 3 is 2.27 bits per heavy atom. The lowest BCUT2D eigenvalue weighted by Crippen LogP contribution is -2.51. The zero-order valence-corrected chi connectivity index (χ0v) is 23.0. The van der Waals surface area contributed by atoms with E-state index in [9.17, 15) is 18.0 Å². The number of rotatable bonds is 10. The zero-order chi connectivity index (χ0) is 27.2. The second-order valence-corrected chi connectivity index (χ2v) is 11.1. The molecule has 0 saturated heterocycles. The highest BCUT2D eigenvalue weighted by Crippen LogP contribution is 2.28. The topological polar surface area (TPSA) is 86.8 Å². The Balaban J connectivity index is 2.07. The van der Waals surface area contributed by atoms with Crippen molar-refractivity contribution in [3.63, 3.8) is 0 Å². The average Bonchev–Trinajstić information content (AvgIpc) is 2.88. The lowest BCUT2D eigenvalue weighted by Gasteiger charge is -2.32. The zero-order valence-electron chi connectivity index (χ0n) is 21.4. The molecule has 0 saturated carbocycles. The molecule has 37 heavy (non-hydrogen) atoms. The van der Waals surface area contributed by atoms with Gasteiger partial charge in [0.1, 0.15) is 12.6 Å².